The second-order valence-electron chi connectivity index (χ2n) is 6.92. The van der Waals surface area contributed by atoms with Crippen LogP contribution in [0.25, 0.3) is 23.0 Å². The summed E-state index contributed by atoms with van der Waals surface area (Å²) in [4.78, 5) is 4.60. The Morgan fingerprint density at radius 3 is 2.43 bits per heavy atom. The monoisotopic (exact) mass is 424 g/mol. The fourth-order valence-electron chi connectivity index (χ4n) is 2.93. The Bertz CT molecular complexity index is 1290. The van der Waals surface area contributed by atoms with Gasteiger partial charge >= 0.3 is 0 Å². The summed E-state index contributed by atoms with van der Waals surface area (Å²) in [6.45, 7) is 3.82. The van der Waals surface area contributed by atoms with Crippen molar-refractivity contribution >= 4 is 9.84 Å². The van der Waals surface area contributed by atoms with E-state index in [0.29, 0.717) is 17.3 Å². The topological polar surface area (TPSA) is 95.4 Å². The molecule has 0 radical (unpaired) electrons. The van der Waals surface area contributed by atoms with Crippen LogP contribution in [-0.2, 0) is 15.6 Å². The lowest BCUT2D eigenvalue weighted by Gasteiger charge is -2.05. The molecule has 0 aliphatic carbocycles. The number of nitrogens with zero attached hydrogens (tertiary/aromatic N) is 2. The molecule has 0 N–H and O–H groups in total. The van der Waals surface area contributed by atoms with Gasteiger partial charge in [0.15, 0.2) is 15.6 Å². The Morgan fingerprint density at radius 1 is 0.967 bits per heavy atom. The number of methoxy groups -OCH3 is 1. The van der Waals surface area contributed by atoms with Crippen LogP contribution in [0.1, 0.15) is 16.9 Å². The highest BCUT2D eigenvalue weighted by Gasteiger charge is 2.20. The van der Waals surface area contributed by atoms with Gasteiger partial charge in [0, 0.05) is 5.56 Å². The molecule has 8 heteroatoms. The lowest BCUT2D eigenvalue weighted by atomic mass is 10.1. The number of ether oxygens (including phenoxy) is 1. The van der Waals surface area contributed by atoms with E-state index in [1.165, 1.54) is 0 Å². The first kappa shape index (κ1) is 19.9. The zero-order chi connectivity index (χ0) is 21.3. The van der Waals surface area contributed by atoms with Gasteiger partial charge in [-0.2, -0.15) is 4.98 Å². The van der Waals surface area contributed by atoms with E-state index in [1.807, 2.05) is 26.0 Å². The van der Waals surface area contributed by atoms with Crippen LogP contribution in [0.2, 0.25) is 0 Å². The molecular weight excluding hydrogens is 404 g/mol. The van der Waals surface area contributed by atoms with Crippen LogP contribution in [-0.4, -0.2) is 25.7 Å². The maximum atomic E-state index is 12.7. The van der Waals surface area contributed by atoms with Gasteiger partial charge < -0.3 is 13.7 Å². The number of sulfone groups is 1. The molecule has 0 spiro atoms. The van der Waals surface area contributed by atoms with Gasteiger partial charge in [0.1, 0.15) is 17.3 Å². The predicted octanol–water partition coefficient (Wildman–Crippen LogP) is 4.60. The number of rotatable bonds is 6. The maximum absolute atomic E-state index is 12.7. The van der Waals surface area contributed by atoms with Gasteiger partial charge in [-0.05, 0) is 73.5 Å². The molecule has 0 fully saturated rings. The molecule has 0 aliphatic heterocycles. The largest absolute Gasteiger partial charge is 0.497 e. The van der Waals surface area contributed by atoms with Crippen molar-refractivity contribution in [3.63, 3.8) is 0 Å². The molecule has 0 saturated heterocycles. The third-order valence-corrected chi connectivity index (χ3v) is 6.45. The zero-order valence-corrected chi connectivity index (χ0v) is 17.6. The fraction of sp³-hybridized carbons (Fsp3) is 0.182. The molecular formula is C22H20N2O5S. The van der Waals surface area contributed by atoms with Crippen LogP contribution in [0.5, 0.6) is 5.75 Å². The third-order valence-electron chi connectivity index (χ3n) is 4.82. The molecule has 0 amide bonds. The summed E-state index contributed by atoms with van der Waals surface area (Å²) in [6.07, 6.45) is 0. The molecule has 0 saturated carbocycles. The molecule has 4 rings (SSSR count). The fourth-order valence-corrected chi connectivity index (χ4v) is 4.26. The van der Waals surface area contributed by atoms with E-state index >= 15 is 0 Å². The number of benzene rings is 2. The molecule has 7 nitrogen and oxygen atoms in total. The summed E-state index contributed by atoms with van der Waals surface area (Å²) < 4.78 is 41.6. The normalized spacial score (nSPS) is 11.6. The first-order valence-electron chi connectivity index (χ1n) is 9.23. The van der Waals surface area contributed by atoms with Gasteiger partial charge in [0.05, 0.1) is 12.0 Å². The first-order valence-corrected chi connectivity index (χ1v) is 10.9. The van der Waals surface area contributed by atoms with Crippen LogP contribution in [0, 0.1) is 13.8 Å². The summed E-state index contributed by atoms with van der Waals surface area (Å²) in [6, 6.07) is 15.5. The molecule has 0 bridgehead atoms. The molecule has 4 aromatic rings. The van der Waals surface area contributed by atoms with Crippen molar-refractivity contribution in [3.8, 4) is 28.8 Å². The van der Waals surface area contributed by atoms with Gasteiger partial charge in [-0.3, -0.25) is 0 Å². The van der Waals surface area contributed by atoms with Crippen LogP contribution < -0.4 is 4.74 Å². The zero-order valence-electron chi connectivity index (χ0n) is 16.7. The van der Waals surface area contributed by atoms with E-state index in [4.69, 9.17) is 13.7 Å². The summed E-state index contributed by atoms with van der Waals surface area (Å²) in [5.41, 5.74) is 2.72. The number of furan rings is 1. The van der Waals surface area contributed by atoms with Gasteiger partial charge in [-0.15, -0.1) is 0 Å². The van der Waals surface area contributed by atoms with E-state index in [1.54, 1.807) is 49.6 Å². The quantitative estimate of drug-likeness (QED) is 0.446. The highest BCUT2D eigenvalue weighted by atomic mass is 32.2. The van der Waals surface area contributed by atoms with Crippen LogP contribution >= 0.6 is 0 Å². The smallest absolute Gasteiger partial charge is 0.293 e. The van der Waals surface area contributed by atoms with Crippen molar-refractivity contribution in [2.45, 2.75) is 24.5 Å². The SMILES string of the molecule is COc1ccc(-c2noc(-c3ccc(CS(=O)(=O)c4ccc(C)c(C)c4)o3)n2)cc1. The van der Waals surface area contributed by atoms with Crippen molar-refractivity contribution in [1.29, 1.82) is 0 Å². The molecule has 0 unspecified atom stereocenters. The highest BCUT2D eigenvalue weighted by Crippen LogP contribution is 2.27. The highest BCUT2D eigenvalue weighted by molar-refractivity contribution is 7.90. The second-order valence-corrected chi connectivity index (χ2v) is 8.91. The van der Waals surface area contributed by atoms with E-state index in [0.717, 1.165) is 22.4 Å². The van der Waals surface area contributed by atoms with E-state index < -0.39 is 9.84 Å². The van der Waals surface area contributed by atoms with E-state index in [-0.39, 0.29) is 16.5 Å². The minimum Gasteiger partial charge on any atom is -0.497 e. The van der Waals surface area contributed by atoms with Crippen LogP contribution in [0.4, 0.5) is 0 Å². The molecule has 2 heterocycles. The molecule has 2 aromatic heterocycles. The van der Waals surface area contributed by atoms with E-state index in [2.05, 4.69) is 10.1 Å². The van der Waals surface area contributed by atoms with E-state index in [9.17, 15) is 8.42 Å². The lowest BCUT2D eigenvalue weighted by molar-refractivity contribution is 0.412. The Labute approximate surface area is 174 Å². The average Bonchev–Trinajstić information content (AvgIpc) is 3.39. The first-order chi connectivity index (χ1) is 14.4. The van der Waals surface area contributed by atoms with Gasteiger partial charge in [0.2, 0.25) is 5.82 Å². The molecule has 30 heavy (non-hydrogen) atoms. The molecule has 154 valence electrons. The minimum atomic E-state index is -3.54. The number of hydrogen-bond acceptors (Lipinski definition) is 7. The number of aromatic nitrogens is 2. The Hall–Kier alpha value is -3.39. The lowest BCUT2D eigenvalue weighted by Crippen LogP contribution is -2.05. The summed E-state index contributed by atoms with van der Waals surface area (Å²) >= 11 is 0. The van der Waals surface area contributed by atoms with Gasteiger partial charge in [-0.1, -0.05) is 11.2 Å². The minimum absolute atomic E-state index is 0.177. The third kappa shape index (κ3) is 3.99. The van der Waals surface area contributed by atoms with Gasteiger partial charge in [-0.25, -0.2) is 8.42 Å². The summed E-state index contributed by atoms with van der Waals surface area (Å²) in [7, 11) is -1.94. The predicted molar refractivity (Wildman–Crippen MR) is 111 cm³/mol. The summed E-state index contributed by atoms with van der Waals surface area (Å²) in [5, 5.41) is 3.96. The van der Waals surface area contributed by atoms with Crippen molar-refractivity contribution in [2.24, 2.45) is 0 Å². The van der Waals surface area contributed by atoms with Crippen LogP contribution in [0.15, 0.2) is 68.4 Å². The average molecular weight is 424 g/mol. The van der Waals surface area contributed by atoms with Crippen molar-refractivity contribution in [3.05, 3.63) is 71.5 Å². The Kier molecular flexibility index (Phi) is 5.17. The molecule has 0 atom stereocenters. The molecule has 0 aliphatic rings. The molecule has 2 aromatic carbocycles. The van der Waals surface area contributed by atoms with Crippen LogP contribution in [0.3, 0.4) is 0 Å². The number of hydrogen-bond donors (Lipinski definition) is 0. The van der Waals surface area contributed by atoms with Crippen molar-refractivity contribution in [1.82, 2.24) is 10.1 Å². The second kappa shape index (κ2) is 7.79. The number of aryl methyl sites for hydroxylation is 2. The summed E-state index contributed by atoms with van der Waals surface area (Å²) in [5.74, 6) is 1.65. The standard InChI is InChI=1S/C22H20N2O5S/c1-14-4-10-19(12-15(14)2)30(25,26)13-18-9-11-20(28-18)22-23-21(24-29-22)16-5-7-17(27-3)8-6-16/h4-12H,13H2,1-3H3. The van der Waals surface area contributed by atoms with Crippen molar-refractivity contribution < 1.29 is 22.1 Å². The van der Waals surface area contributed by atoms with Crippen molar-refractivity contribution in [2.75, 3.05) is 7.11 Å². The maximum Gasteiger partial charge on any atom is 0.293 e. The van der Waals surface area contributed by atoms with Gasteiger partial charge in [0.25, 0.3) is 5.89 Å². The Morgan fingerprint density at radius 2 is 1.73 bits per heavy atom. The Balaban J connectivity index is 1.54.